The van der Waals surface area contributed by atoms with Crippen molar-refractivity contribution in [1.82, 2.24) is 15.3 Å². The van der Waals surface area contributed by atoms with Crippen molar-refractivity contribution in [2.24, 2.45) is 0 Å². The van der Waals surface area contributed by atoms with Gasteiger partial charge in [0.2, 0.25) is 0 Å². The highest BCUT2D eigenvalue weighted by molar-refractivity contribution is 5.94. The van der Waals surface area contributed by atoms with E-state index in [4.69, 9.17) is 4.74 Å². The van der Waals surface area contributed by atoms with Gasteiger partial charge in [0, 0.05) is 37.9 Å². The monoisotopic (exact) mass is 362 g/mol. The Morgan fingerprint density at radius 1 is 1.07 bits per heavy atom. The average Bonchev–Trinajstić information content (AvgIpc) is 2.73. The minimum atomic E-state index is -0.167. The van der Waals surface area contributed by atoms with Gasteiger partial charge in [-0.1, -0.05) is 24.3 Å². The molecule has 0 radical (unpaired) electrons. The topological polar surface area (TPSA) is 76.1 Å². The van der Waals surface area contributed by atoms with Crippen LogP contribution in [-0.2, 0) is 13.0 Å². The van der Waals surface area contributed by atoms with Crippen LogP contribution in [0, 0.1) is 0 Å². The largest absolute Gasteiger partial charge is 0.496 e. The Balaban J connectivity index is 1.54. The standard InChI is InChI=1S/C21H22N4O2/c1-27-20-7-3-2-6-17(20)8-10-24-19-11-18(14-23-15-19)21(26)25-13-16-5-4-9-22-12-16/h2-7,9,11-12,14-15,24H,8,10,13H2,1H3,(H,25,26). The molecule has 0 unspecified atom stereocenters. The molecule has 0 bridgehead atoms. The van der Waals surface area contributed by atoms with Crippen LogP contribution < -0.4 is 15.4 Å². The van der Waals surface area contributed by atoms with Crippen LogP contribution in [0.5, 0.6) is 5.75 Å². The Bertz CT molecular complexity index is 884. The van der Waals surface area contributed by atoms with Gasteiger partial charge in [-0.15, -0.1) is 0 Å². The van der Waals surface area contributed by atoms with Gasteiger partial charge in [-0.2, -0.15) is 0 Å². The summed E-state index contributed by atoms with van der Waals surface area (Å²) in [4.78, 5) is 20.5. The Labute approximate surface area is 158 Å². The van der Waals surface area contributed by atoms with Crippen LogP contribution in [0.4, 0.5) is 5.69 Å². The summed E-state index contributed by atoms with van der Waals surface area (Å²) in [5.41, 5.74) is 3.40. The number of benzene rings is 1. The zero-order chi connectivity index (χ0) is 18.9. The first-order chi connectivity index (χ1) is 13.3. The highest BCUT2D eigenvalue weighted by Crippen LogP contribution is 2.18. The maximum Gasteiger partial charge on any atom is 0.253 e. The Hall–Kier alpha value is -3.41. The Morgan fingerprint density at radius 3 is 2.78 bits per heavy atom. The number of methoxy groups -OCH3 is 1. The molecule has 2 N–H and O–H groups in total. The van der Waals surface area contributed by atoms with E-state index in [-0.39, 0.29) is 5.91 Å². The Kier molecular flexibility index (Phi) is 6.35. The maximum atomic E-state index is 12.3. The minimum Gasteiger partial charge on any atom is -0.496 e. The summed E-state index contributed by atoms with van der Waals surface area (Å²) in [6.07, 6.45) is 7.51. The molecule has 0 aliphatic heterocycles. The van der Waals surface area contributed by atoms with Crippen LogP contribution in [0.25, 0.3) is 0 Å². The molecule has 138 valence electrons. The molecule has 3 rings (SSSR count). The number of carbonyl (C=O) groups excluding carboxylic acids is 1. The number of hydrogen-bond acceptors (Lipinski definition) is 5. The van der Waals surface area contributed by atoms with Crippen molar-refractivity contribution in [3.05, 3.63) is 83.9 Å². The summed E-state index contributed by atoms with van der Waals surface area (Å²) in [7, 11) is 1.67. The molecular formula is C21H22N4O2. The highest BCUT2D eigenvalue weighted by atomic mass is 16.5. The molecular weight excluding hydrogens is 340 g/mol. The lowest BCUT2D eigenvalue weighted by molar-refractivity contribution is 0.0950. The molecule has 3 aromatic rings. The second-order valence-corrected chi connectivity index (χ2v) is 5.99. The molecule has 1 aromatic carbocycles. The van der Waals surface area contributed by atoms with Crippen molar-refractivity contribution < 1.29 is 9.53 Å². The third-order valence-electron chi connectivity index (χ3n) is 4.09. The number of aromatic nitrogens is 2. The smallest absolute Gasteiger partial charge is 0.253 e. The molecule has 0 fully saturated rings. The average molecular weight is 362 g/mol. The van der Waals surface area contributed by atoms with Gasteiger partial charge in [-0.25, -0.2) is 0 Å². The SMILES string of the molecule is COc1ccccc1CCNc1cncc(C(=O)NCc2cccnc2)c1. The third kappa shape index (κ3) is 5.28. The number of para-hydroxylation sites is 1. The van der Waals surface area contributed by atoms with Crippen molar-refractivity contribution in [2.45, 2.75) is 13.0 Å². The van der Waals surface area contributed by atoms with Gasteiger partial charge in [0.15, 0.2) is 0 Å². The first kappa shape index (κ1) is 18.4. The molecule has 2 aromatic heterocycles. The van der Waals surface area contributed by atoms with Crippen molar-refractivity contribution >= 4 is 11.6 Å². The highest BCUT2D eigenvalue weighted by Gasteiger charge is 2.07. The maximum absolute atomic E-state index is 12.3. The molecule has 0 saturated carbocycles. The lowest BCUT2D eigenvalue weighted by Gasteiger charge is -2.10. The molecule has 0 atom stereocenters. The molecule has 0 spiro atoms. The molecule has 6 nitrogen and oxygen atoms in total. The number of rotatable bonds is 8. The number of hydrogen-bond donors (Lipinski definition) is 2. The number of amides is 1. The van der Waals surface area contributed by atoms with Gasteiger partial charge in [0.05, 0.1) is 18.4 Å². The number of ether oxygens (including phenoxy) is 1. The second kappa shape index (κ2) is 9.33. The van der Waals surface area contributed by atoms with Crippen LogP contribution in [0.3, 0.4) is 0 Å². The Morgan fingerprint density at radius 2 is 1.96 bits per heavy atom. The van der Waals surface area contributed by atoms with Gasteiger partial charge in [0.1, 0.15) is 5.75 Å². The summed E-state index contributed by atoms with van der Waals surface area (Å²) in [5, 5.41) is 6.18. The molecule has 0 saturated heterocycles. The zero-order valence-corrected chi connectivity index (χ0v) is 15.2. The number of nitrogens with zero attached hydrogens (tertiary/aromatic N) is 2. The van der Waals surface area contributed by atoms with E-state index in [1.54, 1.807) is 38.0 Å². The number of pyridine rings is 2. The van der Waals surface area contributed by atoms with Gasteiger partial charge < -0.3 is 15.4 Å². The minimum absolute atomic E-state index is 0.167. The third-order valence-corrected chi connectivity index (χ3v) is 4.09. The van der Waals surface area contributed by atoms with E-state index in [1.807, 2.05) is 36.4 Å². The summed E-state index contributed by atoms with van der Waals surface area (Å²) in [6, 6.07) is 13.5. The number of nitrogens with one attached hydrogen (secondary N) is 2. The van der Waals surface area contributed by atoms with E-state index >= 15 is 0 Å². The van der Waals surface area contributed by atoms with Gasteiger partial charge in [0.25, 0.3) is 5.91 Å². The molecule has 0 aliphatic carbocycles. The number of carbonyl (C=O) groups is 1. The van der Waals surface area contributed by atoms with E-state index in [1.165, 1.54) is 0 Å². The van der Waals surface area contributed by atoms with Crippen molar-refractivity contribution in [3.8, 4) is 5.75 Å². The predicted molar refractivity (Wildman–Crippen MR) is 105 cm³/mol. The van der Waals surface area contributed by atoms with E-state index in [2.05, 4.69) is 20.6 Å². The lowest BCUT2D eigenvalue weighted by Crippen LogP contribution is -2.23. The van der Waals surface area contributed by atoms with E-state index in [0.29, 0.717) is 18.7 Å². The van der Waals surface area contributed by atoms with Gasteiger partial charge >= 0.3 is 0 Å². The predicted octanol–water partition coefficient (Wildman–Crippen LogP) is 3.07. The fourth-order valence-electron chi connectivity index (χ4n) is 2.70. The molecule has 6 heteroatoms. The van der Waals surface area contributed by atoms with Crippen LogP contribution in [0.2, 0.25) is 0 Å². The normalized spacial score (nSPS) is 10.3. The molecule has 1 amide bonds. The van der Waals surface area contributed by atoms with E-state index in [0.717, 1.165) is 29.0 Å². The zero-order valence-electron chi connectivity index (χ0n) is 15.2. The van der Waals surface area contributed by atoms with Crippen LogP contribution in [0.15, 0.2) is 67.3 Å². The van der Waals surface area contributed by atoms with Crippen molar-refractivity contribution in [2.75, 3.05) is 19.0 Å². The van der Waals surface area contributed by atoms with E-state index < -0.39 is 0 Å². The first-order valence-corrected chi connectivity index (χ1v) is 8.74. The molecule has 27 heavy (non-hydrogen) atoms. The van der Waals surface area contributed by atoms with Gasteiger partial charge in [-0.05, 0) is 35.7 Å². The fraction of sp³-hybridized carbons (Fsp3) is 0.190. The first-order valence-electron chi connectivity index (χ1n) is 8.74. The number of anilines is 1. The van der Waals surface area contributed by atoms with Crippen molar-refractivity contribution in [3.63, 3.8) is 0 Å². The van der Waals surface area contributed by atoms with Crippen LogP contribution >= 0.6 is 0 Å². The quantitative estimate of drug-likeness (QED) is 0.644. The van der Waals surface area contributed by atoms with E-state index in [9.17, 15) is 4.79 Å². The summed E-state index contributed by atoms with van der Waals surface area (Å²) >= 11 is 0. The van der Waals surface area contributed by atoms with Crippen LogP contribution in [-0.4, -0.2) is 29.5 Å². The van der Waals surface area contributed by atoms with Crippen LogP contribution in [0.1, 0.15) is 21.5 Å². The summed E-state index contributed by atoms with van der Waals surface area (Å²) in [5.74, 6) is 0.709. The molecule has 2 heterocycles. The second-order valence-electron chi connectivity index (χ2n) is 5.99. The summed E-state index contributed by atoms with van der Waals surface area (Å²) < 4.78 is 5.36. The lowest BCUT2D eigenvalue weighted by atomic mass is 10.1. The van der Waals surface area contributed by atoms with Crippen molar-refractivity contribution in [1.29, 1.82) is 0 Å². The molecule has 0 aliphatic rings. The van der Waals surface area contributed by atoms with Gasteiger partial charge in [-0.3, -0.25) is 14.8 Å². The summed E-state index contributed by atoms with van der Waals surface area (Å²) in [6.45, 7) is 1.14. The fourth-order valence-corrected chi connectivity index (χ4v) is 2.70.